The summed E-state index contributed by atoms with van der Waals surface area (Å²) in [6.45, 7) is 4.26. The zero-order valence-corrected chi connectivity index (χ0v) is 32.4. The van der Waals surface area contributed by atoms with Crippen molar-refractivity contribution in [3.63, 3.8) is 0 Å². The maximum Gasteiger partial charge on any atom is 0.222 e. The number of aliphatic hydroxyl groups is 3. The van der Waals surface area contributed by atoms with Crippen LogP contribution < -0.4 is 5.32 Å². The Bertz CT molecular complexity index is 669. The molecule has 5 nitrogen and oxygen atoms in total. The number of unbranched alkanes of at least 4 members (excludes halogenated alkanes) is 28. The van der Waals surface area contributed by atoms with Gasteiger partial charge in [0.1, 0.15) is 0 Å². The molecule has 0 heterocycles. The molecule has 0 aromatic carbocycles. The third-order valence-electron chi connectivity index (χ3n) is 10.1. The molecule has 286 valence electrons. The number of hydrogen-bond acceptors (Lipinski definition) is 4. The smallest absolute Gasteiger partial charge is 0.222 e. The quantitative estimate of drug-likeness (QED) is 0.0384. The van der Waals surface area contributed by atoms with Gasteiger partial charge in [-0.05, 0) is 38.5 Å². The van der Waals surface area contributed by atoms with E-state index >= 15 is 0 Å². The Hall–Kier alpha value is -0.910. The zero-order chi connectivity index (χ0) is 35.2. The number of rotatable bonds is 39. The van der Waals surface area contributed by atoms with Crippen LogP contribution in [-0.2, 0) is 4.79 Å². The van der Waals surface area contributed by atoms with Crippen molar-refractivity contribution >= 4 is 5.91 Å². The molecule has 0 saturated carbocycles. The molecule has 5 heteroatoms. The van der Waals surface area contributed by atoms with Gasteiger partial charge in [-0.3, -0.25) is 4.79 Å². The second kappa shape index (κ2) is 38.9. The first-order chi connectivity index (χ1) is 23.5. The fraction of sp³-hybridized carbons (Fsp3) is 0.930. The maximum absolute atomic E-state index is 12.4. The Morgan fingerprint density at radius 2 is 0.833 bits per heavy atom. The van der Waals surface area contributed by atoms with E-state index in [-0.39, 0.29) is 18.9 Å². The number of nitrogens with one attached hydrogen (secondary N) is 1. The van der Waals surface area contributed by atoms with Crippen molar-refractivity contribution in [3.8, 4) is 0 Å². The van der Waals surface area contributed by atoms with Crippen molar-refractivity contribution in [2.45, 2.75) is 250 Å². The van der Waals surface area contributed by atoms with Crippen LogP contribution in [-0.4, -0.2) is 46.1 Å². The van der Waals surface area contributed by atoms with E-state index in [4.69, 9.17) is 0 Å². The summed E-state index contributed by atoms with van der Waals surface area (Å²) < 4.78 is 0. The number of aliphatic hydroxyl groups excluding tert-OH is 3. The molecule has 0 saturated heterocycles. The number of allylic oxidation sites excluding steroid dienone is 2. The fourth-order valence-electron chi connectivity index (χ4n) is 6.75. The highest BCUT2D eigenvalue weighted by atomic mass is 16.3. The molecule has 0 aliphatic heterocycles. The van der Waals surface area contributed by atoms with Crippen molar-refractivity contribution in [1.82, 2.24) is 5.32 Å². The summed E-state index contributed by atoms with van der Waals surface area (Å²) in [5, 5.41) is 33.3. The monoisotopic (exact) mass is 680 g/mol. The minimum Gasteiger partial charge on any atom is -0.394 e. The van der Waals surface area contributed by atoms with Crippen molar-refractivity contribution in [2.75, 3.05) is 6.61 Å². The van der Waals surface area contributed by atoms with E-state index in [9.17, 15) is 20.1 Å². The van der Waals surface area contributed by atoms with Crippen LogP contribution in [0, 0.1) is 0 Å². The zero-order valence-electron chi connectivity index (χ0n) is 32.4. The van der Waals surface area contributed by atoms with Crippen LogP contribution in [0.4, 0.5) is 0 Å². The van der Waals surface area contributed by atoms with Gasteiger partial charge in [0.25, 0.3) is 0 Å². The summed E-state index contributed by atoms with van der Waals surface area (Å²) in [4.78, 5) is 12.4. The van der Waals surface area contributed by atoms with Gasteiger partial charge in [-0.15, -0.1) is 0 Å². The van der Waals surface area contributed by atoms with Gasteiger partial charge in [-0.2, -0.15) is 0 Å². The van der Waals surface area contributed by atoms with E-state index in [1.807, 2.05) is 0 Å². The highest BCUT2D eigenvalue weighted by Gasteiger charge is 2.21. The van der Waals surface area contributed by atoms with E-state index in [0.29, 0.717) is 12.8 Å². The van der Waals surface area contributed by atoms with Crippen molar-refractivity contribution in [2.24, 2.45) is 0 Å². The number of carbonyl (C=O) groups is 1. The van der Waals surface area contributed by atoms with E-state index in [2.05, 4.69) is 31.3 Å². The lowest BCUT2D eigenvalue weighted by Gasteiger charge is -2.23. The van der Waals surface area contributed by atoms with Crippen LogP contribution in [0.15, 0.2) is 12.2 Å². The summed E-state index contributed by atoms with van der Waals surface area (Å²) in [7, 11) is 0. The van der Waals surface area contributed by atoms with Gasteiger partial charge in [0, 0.05) is 0 Å². The molecule has 0 fully saturated rings. The normalized spacial score (nSPS) is 13.7. The molecule has 0 aliphatic carbocycles. The van der Waals surface area contributed by atoms with Gasteiger partial charge >= 0.3 is 0 Å². The fourth-order valence-corrected chi connectivity index (χ4v) is 6.75. The number of hydrogen-bond donors (Lipinski definition) is 4. The molecule has 0 aliphatic rings. The second-order valence-electron chi connectivity index (χ2n) is 15.0. The molecule has 4 N–H and O–H groups in total. The molecule has 48 heavy (non-hydrogen) atoms. The Morgan fingerprint density at radius 1 is 0.500 bits per heavy atom. The van der Waals surface area contributed by atoms with Crippen LogP contribution in [0.1, 0.15) is 232 Å². The van der Waals surface area contributed by atoms with Crippen LogP contribution in [0.5, 0.6) is 0 Å². The molecule has 3 atom stereocenters. The lowest BCUT2D eigenvalue weighted by molar-refractivity contribution is -0.125. The Balaban J connectivity index is 3.60. The van der Waals surface area contributed by atoms with Gasteiger partial charge < -0.3 is 20.6 Å². The van der Waals surface area contributed by atoms with E-state index in [1.54, 1.807) is 0 Å². The van der Waals surface area contributed by atoms with Gasteiger partial charge in [0.15, 0.2) is 0 Å². The molecule has 0 rings (SSSR count). The van der Waals surface area contributed by atoms with Crippen LogP contribution in [0.3, 0.4) is 0 Å². The molecule has 1 amide bonds. The third kappa shape index (κ3) is 34.9. The molecular weight excluding hydrogens is 594 g/mol. The molecule has 3 unspecified atom stereocenters. The molecule has 0 aromatic rings. The highest BCUT2D eigenvalue weighted by molar-refractivity contribution is 5.76. The maximum atomic E-state index is 12.4. The third-order valence-corrected chi connectivity index (χ3v) is 10.1. The first-order valence-electron chi connectivity index (χ1n) is 21.5. The van der Waals surface area contributed by atoms with Crippen molar-refractivity contribution in [3.05, 3.63) is 12.2 Å². The molecule has 0 aromatic heterocycles. The summed E-state index contributed by atoms with van der Waals surface area (Å²) >= 11 is 0. The number of carbonyl (C=O) groups excluding carboxylic acids is 1. The average molecular weight is 680 g/mol. The average Bonchev–Trinajstić information content (AvgIpc) is 3.08. The summed E-state index contributed by atoms with van der Waals surface area (Å²) in [5.41, 5.74) is 0. The Morgan fingerprint density at radius 3 is 1.21 bits per heavy atom. The minimum atomic E-state index is -0.747. The molecular formula is C43H85NO4. The van der Waals surface area contributed by atoms with Crippen LogP contribution >= 0.6 is 0 Å². The predicted molar refractivity (Wildman–Crippen MR) is 208 cm³/mol. The van der Waals surface area contributed by atoms with Gasteiger partial charge in [-0.25, -0.2) is 0 Å². The number of amides is 1. The highest BCUT2D eigenvalue weighted by Crippen LogP contribution is 2.16. The van der Waals surface area contributed by atoms with Crippen molar-refractivity contribution in [1.29, 1.82) is 0 Å². The lowest BCUT2D eigenvalue weighted by atomic mass is 10.0. The minimum absolute atomic E-state index is 0.0335. The van der Waals surface area contributed by atoms with Crippen molar-refractivity contribution < 1.29 is 20.1 Å². The first kappa shape index (κ1) is 47.1. The van der Waals surface area contributed by atoms with E-state index in [1.165, 1.54) is 167 Å². The molecule has 0 radical (unpaired) electrons. The van der Waals surface area contributed by atoms with Gasteiger partial charge in [-0.1, -0.05) is 199 Å². The lowest BCUT2D eigenvalue weighted by Crippen LogP contribution is -2.46. The molecule has 0 bridgehead atoms. The summed E-state index contributed by atoms with van der Waals surface area (Å²) in [6, 6.07) is -0.656. The largest absolute Gasteiger partial charge is 0.394 e. The first-order valence-corrected chi connectivity index (χ1v) is 21.5. The topological polar surface area (TPSA) is 89.8 Å². The van der Waals surface area contributed by atoms with E-state index in [0.717, 1.165) is 32.1 Å². The van der Waals surface area contributed by atoms with Crippen LogP contribution in [0.25, 0.3) is 0 Å². The Labute approximate surface area is 299 Å². The van der Waals surface area contributed by atoms with Crippen LogP contribution in [0.2, 0.25) is 0 Å². The summed E-state index contributed by atoms with van der Waals surface area (Å²) in [6.07, 6.45) is 44.6. The summed E-state index contributed by atoms with van der Waals surface area (Å²) in [5.74, 6) is -0.287. The van der Waals surface area contributed by atoms with E-state index < -0.39 is 18.2 Å². The molecule has 0 spiro atoms. The standard InChI is InChI=1S/C43H85NO4/c1-3-5-7-9-11-13-15-17-18-19-20-21-22-23-24-25-26-28-30-32-34-36-40(46)38-43(48)44-41(39-45)42(47)37-35-33-31-29-27-16-14-12-10-8-6-4-2/h23-24,40-42,45-47H,3-22,25-39H2,1-2H3,(H,44,48)/b24-23-. The van der Waals surface area contributed by atoms with Gasteiger partial charge in [0.2, 0.25) is 5.91 Å². The SMILES string of the molecule is CCCCCCCCCCCCCC/C=C\CCCCCCCC(O)CC(=O)NC(CO)C(O)CCCCCCCCCCCCCC. The van der Waals surface area contributed by atoms with Gasteiger partial charge in [0.05, 0.1) is 31.3 Å². The second-order valence-corrected chi connectivity index (χ2v) is 15.0. The predicted octanol–water partition coefficient (Wildman–Crippen LogP) is 12.0. The Kier molecular flexibility index (Phi) is 38.1.